The van der Waals surface area contributed by atoms with E-state index in [0.29, 0.717) is 18.7 Å². The number of nitrogens with one attached hydrogen (secondary N) is 1. The van der Waals surface area contributed by atoms with E-state index < -0.39 is 12.0 Å². The lowest BCUT2D eigenvalue weighted by molar-refractivity contribution is -0.141. The third-order valence-electron chi connectivity index (χ3n) is 3.49. The van der Waals surface area contributed by atoms with Crippen molar-refractivity contribution in [2.24, 2.45) is 0 Å². The van der Waals surface area contributed by atoms with Crippen molar-refractivity contribution in [3.05, 3.63) is 27.7 Å². The van der Waals surface area contributed by atoms with E-state index in [0.717, 1.165) is 22.0 Å². The van der Waals surface area contributed by atoms with Gasteiger partial charge < -0.3 is 15.3 Å². The zero-order chi connectivity index (χ0) is 14.9. The average Bonchev–Trinajstić information content (AvgIpc) is 2.85. The molecule has 20 heavy (non-hydrogen) atoms. The molecule has 2 rings (SSSR count). The molecule has 1 heterocycles. The number of carboxylic acids is 1. The van der Waals surface area contributed by atoms with Gasteiger partial charge in [-0.2, -0.15) is 0 Å². The van der Waals surface area contributed by atoms with Crippen LogP contribution < -0.4 is 5.32 Å². The third-order valence-corrected chi connectivity index (χ3v) is 4.74. The Morgan fingerprint density at radius 3 is 2.50 bits per heavy atom. The van der Waals surface area contributed by atoms with E-state index in [1.54, 1.807) is 0 Å². The number of aliphatic carboxylic acids is 1. The second-order valence-corrected chi connectivity index (χ2v) is 5.84. The molecule has 1 fully saturated rings. The maximum atomic E-state index is 12.2. The van der Waals surface area contributed by atoms with Gasteiger partial charge in [-0.15, -0.1) is 0 Å². The molecule has 2 amide bonds. The maximum absolute atomic E-state index is 12.2. The molecule has 0 spiro atoms. The van der Waals surface area contributed by atoms with Crippen molar-refractivity contribution in [2.75, 3.05) is 11.9 Å². The summed E-state index contributed by atoms with van der Waals surface area (Å²) in [7, 11) is 0. The number of halogens is 1. The minimum atomic E-state index is -0.944. The molecule has 0 saturated carbocycles. The van der Waals surface area contributed by atoms with Crippen LogP contribution in [-0.4, -0.2) is 34.6 Å². The highest BCUT2D eigenvalue weighted by Crippen LogP contribution is 2.26. The van der Waals surface area contributed by atoms with Crippen LogP contribution in [0.5, 0.6) is 0 Å². The van der Waals surface area contributed by atoms with Gasteiger partial charge in [0.25, 0.3) is 0 Å². The number of aryl methyl sites for hydroxylation is 2. The standard InChI is InChI=1S/C14H17BrN2O3/c1-8-6-10(7-9(2)12(8)15)16-14(20)17-5-3-4-11(17)13(18)19/h6-7,11H,3-5H2,1-2H3,(H,16,20)(H,18,19). The van der Waals surface area contributed by atoms with Gasteiger partial charge in [0.15, 0.2) is 0 Å². The first-order chi connectivity index (χ1) is 9.40. The van der Waals surface area contributed by atoms with Crippen LogP contribution in [0, 0.1) is 13.8 Å². The largest absolute Gasteiger partial charge is 0.480 e. The molecule has 0 aromatic heterocycles. The SMILES string of the molecule is Cc1cc(NC(=O)N2CCCC2C(=O)O)cc(C)c1Br. The Bertz CT molecular complexity index is 536. The number of amides is 2. The van der Waals surface area contributed by atoms with Crippen molar-refractivity contribution in [1.29, 1.82) is 0 Å². The molecular weight excluding hydrogens is 324 g/mol. The molecule has 108 valence electrons. The number of nitrogens with zero attached hydrogens (tertiary/aromatic N) is 1. The molecule has 1 aliphatic rings. The van der Waals surface area contributed by atoms with E-state index in [1.165, 1.54) is 4.90 Å². The Morgan fingerprint density at radius 1 is 1.35 bits per heavy atom. The first kappa shape index (κ1) is 14.8. The van der Waals surface area contributed by atoms with Crippen molar-refractivity contribution in [2.45, 2.75) is 32.7 Å². The normalized spacial score (nSPS) is 18.1. The van der Waals surface area contributed by atoms with Crippen molar-refractivity contribution < 1.29 is 14.7 Å². The number of benzene rings is 1. The number of carbonyl (C=O) groups excluding carboxylic acids is 1. The molecule has 0 bridgehead atoms. The fourth-order valence-corrected chi connectivity index (χ4v) is 2.71. The van der Waals surface area contributed by atoms with Gasteiger partial charge in [0.2, 0.25) is 0 Å². The first-order valence-corrected chi connectivity index (χ1v) is 7.26. The lowest BCUT2D eigenvalue weighted by atomic mass is 10.1. The molecule has 1 saturated heterocycles. The topological polar surface area (TPSA) is 69.6 Å². The van der Waals surface area contributed by atoms with E-state index in [9.17, 15) is 9.59 Å². The minimum Gasteiger partial charge on any atom is -0.480 e. The predicted molar refractivity (Wildman–Crippen MR) is 80.0 cm³/mol. The van der Waals surface area contributed by atoms with Gasteiger partial charge in [-0.25, -0.2) is 9.59 Å². The molecule has 1 aromatic carbocycles. The lowest BCUT2D eigenvalue weighted by Crippen LogP contribution is -2.42. The number of likely N-dealkylation sites (tertiary alicyclic amines) is 1. The highest BCUT2D eigenvalue weighted by Gasteiger charge is 2.33. The number of anilines is 1. The molecule has 1 aliphatic heterocycles. The molecule has 1 aromatic rings. The smallest absolute Gasteiger partial charge is 0.326 e. The number of hydrogen-bond acceptors (Lipinski definition) is 2. The van der Waals surface area contributed by atoms with Crippen molar-refractivity contribution in [1.82, 2.24) is 4.90 Å². The molecule has 6 heteroatoms. The Kier molecular flexibility index (Phi) is 4.32. The van der Waals surface area contributed by atoms with E-state index in [2.05, 4.69) is 21.2 Å². The highest BCUT2D eigenvalue weighted by atomic mass is 79.9. The Balaban J connectivity index is 2.14. The number of rotatable bonds is 2. The number of carbonyl (C=O) groups is 2. The van der Waals surface area contributed by atoms with Gasteiger partial charge in [0.1, 0.15) is 6.04 Å². The van der Waals surface area contributed by atoms with E-state index in [4.69, 9.17) is 5.11 Å². The van der Waals surface area contributed by atoms with Crippen LogP contribution in [0.2, 0.25) is 0 Å². The van der Waals surface area contributed by atoms with Crippen molar-refractivity contribution in [3.63, 3.8) is 0 Å². The second kappa shape index (κ2) is 5.83. The van der Waals surface area contributed by atoms with Crippen LogP contribution in [0.3, 0.4) is 0 Å². The van der Waals surface area contributed by atoms with Gasteiger partial charge in [0, 0.05) is 16.7 Å². The highest BCUT2D eigenvalue weighted by molar-refractivity contribution is 9.10. The van der Waals surface area contributed by atoms with Crippen LogP contribution in [0.1, 0.15) is 24.0 Å². The summed E-state index contributed by atoms with van der Waals surface area (Å²) in [5.74, 6) is -0.944. The molecule has 5 nitrogen and oxygen atoms in total. The fraction of sp³-hybridized carbons (Fsp3) is 0.429. The molecule has 1 unspecified atom stereocenters. The molecular formula is C14H17BrN2O3. The van der Waals surface area contributed by atoms with E-state index >= 15 is 0 Å². The summed E-state index contributed by atoms with van der Waals surface area (Å²) in [5.41, 5.74) is 2.73. The Labute approximate surface area is 126 Å². The molecule has 0 aliphatic carbocycles. The molecule has 0 radical (unpaired) electrons. The molecule has 2 N–H and O–H groups in total. The van der Waals surface area contributed by atoms with Gasteiger partial charge in [-0.05, 0) is 49.9 Å². The first-order valence-electron chi connectivity index (χ1n) is 6.47. The Hall–Kier alpha value is -1.56. The van der Waals surface area contributed by atoms with E-state index in [1.807, 2.05) is 26.0 Å². The van der Waals surface area contributed by atoms with Crippen LogP contribution in [0.4, 0.5) is 10.5 Å². The third kappa shape index (κ3) is 2.95. The zero-order valence-electron chi connectivity index (χ0n) is 11.4. The summed E-state index contributed by atoms with van der Waals surface area (Å²) >= 11 is 3.47. The lowest BCUT2D eigenvalue weighted by Gasteiger charge is -2.22. The van der Waals surface area contributed by atoms with Crippen LogP contribution in [-0.2, 0) is 4.79 Å². The van der Waals surface area contributed by atoms with Gasteiger partial charge in [-0.1, -0.05) is 15.9 Å². The number of hydrogen-bond donors (Lipinski definition) is 2. The summed E-state index contributed by atoms with van der Waals surface area (Å²) in [6.07, 6.45) is 1.24. The fourth-order valence-electron chi connectivity index (χ4n) is 2.48. The van der Waals surface area contributed by atoms with Gasteiger partial charge in [-0.3, -0.25) is 0 Å². The minimum absolute atomic E-state index is 0.351. The van der Waals surface area contributed by atoms with E-state index in [-0.39, 0.29) is 6.03 Å². The maximum Gasteiger partial charge on any atom is 0.326 e. The van der Waals surface area contributed by atoms with Crippen LogP contribution in [0.15, 0.2) is 16.6 Å². The predicted octanol–water partition coefficient (Wildman–Crippen LogP) is 3.15. The Morgan fingerprint density at radius 2 is 1.95 bits per heavy atom. The average molecular weight is 341 g/mol. The number of urea groups is 1. The zero-order valence-corrected chi connectivity index (χ0v) is 13.0. The second-order valence-electron chi connectivity index (χ2n) is 5.04. The van der Waals surface area contributed by atoms with Gasteiger partial charge >= 0.3 is 12.0 Å². The van der Waals surface area contributed by atoms with Crippen molar-refractivity contribution >= 4 is 33.6 Å². The summed E-state index contributed by atoms with van der Waals surface area (Å²) in [5, 5.41) is 11.9. The number of carboxylic acid groups (broad SMARTS) is 1. The van der Waals surface area contributed by atoms with Crippen LogP contribution in [0.25, 0.3) is 0 Å². The summed E-state index contributed by atoms with van der Waals surface area (Å²) in [4.78, 5) is 24.7. The molecule has 1 atom stereocenters. The van der Waals surface area contributed by atoms with Gasteiger partial charge in [0.05, 0.1) is 0 Å². The monoisotopic (exact) mass is 340 g/mol. The van der Waals surface area contributed by atoms with Crippen molar-refractivity contribution in [3.8, 4) is 0 Å². The summed E-state index contributed by atoms with van der Waals surface area (Å²) in [6, 6.07) is 2.66. The quantitative estimate of drug-likeness (QED) is 0.868. The summed E-state index contributed by atoms with van der Waals surface area (Å²) < 4.78 is 1.01. The summed E-state index contributed by atoms with van der Waals surface area (Å²) in [6.45, 7) is 4.38. The van der Waals surface area contributed by atoms with Crippen LogP contribution >= 0.6 is 15.9 Å².